The fourth-order valence-electron chi connectivity index (χ4n) is 1.83. The van der Waals surface area contributed by atoms with Crippen molar-refractivity contribution < 1.29 is 0 Å². The number of rotatable bonds is 1. The Hall–Kier alpha value is -0.930. The minimum atomic E-state index is -0.202. The summed E-state index contributed by atoms with van der Waals surface area (Å²) in [7, 11) is 0. The summed E-state index contributed by atoms with van der Waals surface area (Å²) in [5.74, 6) is 0. The fourth-order valence-corrected chi connectivity index (χ4v) is 1.83. The van der Waals surface area contributed by atoms with Gasteiger partial charge in [0.2, 0.25) is 0 Å². The summed E-state index contributed by atoms with van der Waals surface area (Å²) >= 11 is 0. The summed E-state index contributed by atoms with van der Waals surface area (Å²) in [5, 5.41) is 3.32. The lowest BCUT2D eigenvalue weighted by atomic mass is 9.85. The van der Waals surface area contributed by atoms with Crippen molar-refractivity contribution in [3.63, 3.8) is 0 Å². The second-order valence-electron chi connectivity index (χ2n) is 3.68. The van der Waals surface area contributed by atoms with E-state index in [0.717, 1.165) is 31.5 Å². The average Bonchev–Trinajstić information content (AvgIpc) is 2.20. The van der Waals surface area contributed by atoms with Crippen LogP contribution in [-0.4, -0.2) is 18.1 Å². The Kier molecular flexibility index (Phi) is 2.29. The number of aromatic nitrogens is 1. The van der Waals surface area contributed by atoms with Gasteiger partial charge in [0.05, 0.1) is 5.54 Å². The fraction of sp³-hybridized carbons (Fsp3) is 0.500. The molecule has 3 nitrogen and oxygen atoms in total. The van der Waals surface area contributed by atoms with E-state index in [-0.39, 0.29) is 5.54 Å². The molecule has 1 fully saturated rings. The Bertz CT molecular complexity index is 265. The zero-order valence-corrected chi connectivity index (χ0v) is 7.66. The zero-order chi connectivity index (χ0) is 9.15. The van der Waals surface area contributed by atoms with Crippen molar-refractivity contribution in [2.45, 2.75) is 18.4 Å². The van der Waals surface area contributed by atoms with Crippen LogP contribution in [0.5, 0.6) is 0 Å². The molecule has 0 amide bonds. The van der Waals surface area contributed by atoms with Crippen molar-refractivity contribution in [2.75, 3.05) is 13.1 Å². The van der Waals surface area contributed by atoms with Gasteiger partial charge in [0.15, 0.2) is 0 Å². The molecule has 1 aliphatic rings. The molecule has 2 rings (SSSR count). The van der Waals surface area contributed by atoms with Crippen LogP contribution >= 0.6 is 0 Å². The monoisotopic (exact) mass is 177 g/mol. The van der Waals surface area contributed by atoms with Crippen LogP contribution in [0.2, 0.25) is 0 Å². The first-order valence-electron chi connectivity index (χ1n) is 4.71. The van der Waals surface area contributed by atoms with Gasteiger partial charge in [-0.2, -0.15) is 0 Å². The van der Waals surface area contributed by atoms with Crippen LogP contribution in [0.25, 0.3) is 0 Å². The minimum Gasteiger partial charge on any atom is -0.320 e. The molecule has 2 heterocycles. The third-order valence-corrected chi connectivity index (χ3v) is 2.65. The molecule has 3 heteroatoms. The largest absolute Gasteiger partial charge is 0.320 e. The molecular weight excluding hydrogens is 162 g/mol. The average molecular weight is 177 g/mol. The van der Waals surface area contributed by atoms with Crippen LogP contribution in [0, 0.1) is 0 Å². The second-order valence-corrected chi connectivity index (χ2v) is 3.68. The third kappa shape index (κ3) is 1.71. The van der Waals surface area contributed by atoms with Crippen molar-refractivity contribution in [1.82, 2.24) is 10.3 Å². The summed E-state index contributed by atoms with van der Waals surface area (Å²) in [5.41, 5.74) is 7.22. The van der Waals surface area contributed by atoms with Gasteiger partial charge >= 0.3 is 0 Å². The normalized spacial score (nSPS) is 28.7. The summed E-state index contributed by atoms with van der Waals surface area (Å²) in [6, 6.07) is 4.00. The van der Waals surface area contributed by atoms with Crippen LogP contribution in [0.1, 0.15) is 18.4 Å². The highest BCUT2D eigenvalue weighted by molar-refractivity contribution is 5.21. The first-order chi connectivity index (χ1) is 6.31. The van der Waals surface area contributed by atoms with Crippen LogP contribution in [0.15, 0.2) is 24.5 Å². The number of nitrogens with zero attached hydrogens (tertiary/aromatic N) is 1. The van der Waals surface area contributed by atoms with Gasteiger partial charge in [-0.3, -0.25) is 4.98 Å². The number of hydrogen-bond acceptors (Lipinski definition) is 3. The topological polar surface area (TPSA) is 50.9 Å². The maximum Gasteiger partial charge on any atom is 0.0551 e. The van der Waals surface area contributed by atoms with Gasteiger partial charge in [0, 0.05) is 18.9 Å². The Morgan fingerprint density at radius 2 is 2.46 bits per heavy atom. The Morgan fingerprint density at radius 3 is 3.08 bits per heavy atom. The molecule has 13 heavy (non-hydrogen) atoms. The minimum absolute atomic E-state index is 0.202. The Labute approximate surface area is 78.4 Å². The van der Waals surface area contributed by atoms with E-state index < -0.39 is 0 Å². The van der Waals surface area contributed by atoms with Crippen molar-refractivity contribution in [2.24, 2.45) is 5.73 Å². The number of nitrogens with one attached hydrogen (secondary N) is 1. The predicted octanol–water partition coefficient (Wildman–Crippen LogP) is 0.619. The zero-order valence-electron chi connectivity index (χ0n) is 7.66. The molecule has 1 aromatic heterocycles. The number of pyridine rings is 1. The van der Waals surface area contributed by atoms with E-state index in [1.165, 1.54) is 0 Å². The first kappa shape index (κ1) is 8.66. The lowest BCUT2D eigenvalue weighted by Gasteiger charge is -2.34. The van der Waals surface area contributed by atoms with Crippen molar-refractivity contribution in [1.29, 1.82) is 0 Å². The van der Waals surface area contributed by atoms with Crippen LogP contribution < -0.4 is 11.1 Å². The molecule has 0 bridgehead atoms. The lowest BCUT2D eigenvalue weighted by molar-refractivity contribution is 0.321. The molecule has 3 N–H and O–H groups in total. The van der Waals surface area contributed by atoms with Crippen molar-refractivity contribution in [3.8, 4) is 0 Å². The highest BCUT2D eigenvalue weighted by Crippen LogP contribution is 2.24. The summed E-state index contributed by atoms with van der Waals surface area (Å²) in [6.45, 7) is 1.94. The van der Waals surface area contributed by atoms with E-state index in [1.54, 1.807) is 6.20 Å². The van der Waals surface area contributed by atoms with Crippen LogP contribution in [0.3, 0.4) is 0 Å². The van der Waals surface area contributed by atoms with Gasteiger partial charge in [0.1, 0.15) is 0 Å². The summed E-state index contributed by atoms with van der Waals surface area (Å²) < 4.78 is 0. The smallest absolute Gasteiger partial charge is 0.0551 e. The maximum absolute atomic E-state index is 6.28. The molecule has 1 aromatic rings. The molecular formula is C10H15N3. The van der Waals surface area contributed by atoms with Crippen LogP contribution in [-0.2, 0) is 5.54 Å². The van der Waals surface area contributed by atoms with E-state index in [2.05, 4.69) is 16.4 Å². The van der Waals surface area contributed by atoms with Gasteiger partial charge in [-0.1, -0.05) is 6.07 Å². The van der Waals surface area contributed by atoms with Crippen LogP contribution in [0.4, 0.5) is 0 Å². The van der Waals surface area contributed by atoms with E-state index in [1.807, 2.05) is 12.3 Å². The van der Waals surface area contributed by atoms with Gasteiger partial charge in [0.25, 0.3) is 0 Å². The summed E-state index contributed by atoms with van der Waals surface area (Å²) in [4.78, 5) is 4.10. The van der Waals surface area contributed by atoms with Crippen molar-refractivity contribution >= 4 is 0 Å². The quantitative estimate of drug-likeness (QED) is 0.661. The van der Waals surface area contributed by atoms with E-state index in [9.17, 15) is 0 Å². The van der Waals surface area contributed by atoms with Crippen molar-refractivity contribution in [3.05, 3.63) is 30.1 Å². The molecule has 0 radical (unpaired) electrons. The van der Waals surface area contributed by atoms with Gasteiger partial charge < -0.3 is 11.1 Å². The second kappa shape index (κ2) is 3.44. The predicted molar refractivity (Wildman–Crippen MR) is 52.2 cm³/mol. The standard InChI is InChI=1S/C10H15N3/c11-10(4-2-6-13-8-10)9-3-1-5-12-7-9/h1,3,5,7,13H,2,4,6,8,11H2. The number of nitrogens with two attached hydrogens (primary N) is 1. The van der Waals surface area contributed by atoms with Gasteiger partial charge in [-0.15, -0.1) is 0 Å². The summed E-state index contributed by atoms with van der Waals surface area (Å²) in [6.07, 6.45) is 5.84. The molecule has 0 saturated carbocycles. The Morgan fingerprint density at radius 1 is 1.54 bits per heavy atom. The highest BCUT2D eigenvalue weighted by atomic mass is 15.0. The third-order valence-electron chi connectivity index (χ3n) is 2.65. The van der Waals surface area contributed by atoms with Gasteiger partial charge in [-0.25, -0.2) is 0 Å². The molecule has 0 aliphatic carbocycles. The molecule has 1 atom stereocenters. The molecule has 1 unspecified atom stereocenters. The number of piperidine rings is 1. The van der Waals surface area contributed by atoms with E-state index >= 15 is 0 Å². The molecule has 70 valence electrons. The lowest BCUT2D eigenvalue weighted by Crippen LogP contribution is -2.50. The number of hydrogen-bond donors (Lipinski definition) is 2. The molecule has 1 aliphatic heterocycles. The van der Waals surface area contributed by atoms with E-state index in [0.29, 0.717) is 0 Å². The molecule has 1 saturated heterocycles. The van der Waals surface area contributed by atoms with E-state index in [4.69, 9.17) is 5.73 Å². The molecule has 0 aromatic carbocycles. The van der Waals surface area contributed by atoms with Gasteiger partial charge in [-0.05, 0) is 31.0 Å². The maximum atomic E-state index is 6.28. The highest BCUT2D eigenvalue weighted by Gasteiger charge is 2.29. The SMILES string of the molecule is NC1(c2cccnc2)CCCNC1. The Balaban J connectivity index is 2.23. The molecule has 0 spiro atoms. The first-order valence-corrected chi connectivity index (χ1v) is 4.71.